The van der Waals surface area contributed by atoms with Gasteiger partial charge < -0.3 is 14.6 Å². The highest BCUT2D eigenvalue weighted by Gasteiger charge is 2.26. The van der Waals surface area contributed by atoms with E-state index in [1.165, 1.54) is 36.7 Å². The molecule has 7 nitrogen and oxygen atoms in total. The van der Waals surface area contributed by atoms with E-state index in [9.17, 15) is 18.9 Å². The molecule has 9 heteroatoms. The van der Waals surface area contributed by atoms with Crippen LogP contribution < -0.4 is 10.1 Å². The summed E-state index contributed by atoms with van der Waals surface area (Å²) in [7, 11) is 1.71. The second kappa shape index (κ2) is 7.86. The molecule has 0 saturated heterocycles. The number of non-ortho nitro benzene ring substituents is 1. The summed E-state index contributed by atoms with van der Waals surface area (Å²) in [5, 5.41) is 14.1. The van der Waals surface area contributed by atoms with E-state index in [1.807, 2.05) is 0 Å². The quantitative estimate of drug-likeness (QED) is 0.444. The van der Waals surface area contributed by atoms with Gasteiger partial charge in [0.05, 0.1) is 34.9 Å². The number of nitrogens with one attached hydrogen (secondary N) is 1. The monoisotopic (exact) mass is 402 g/mol. The average Bonchev–Trinajstić information content (AvgIpc) is 3.16. The summed E-state index contributed by atoms with van der Waals surface area (Å²) in [6.07, 6.45) is 3.18. The molecule has 0 amide bonds. The van der Waals surface area contributed by atoms with Crippen molar-refractivity contribution in [1.29, 1.82) is 0 Å². The molecule has 3 rings (SSSR count). The van der Waals surface area contributed by atoms with Crippen LogP contribution in [0.25, 0.3) is 16.9 Å². The highest BCUT2D eigenvalue weighted by atomic mass is 19.3. The predicted molar refractivity (Wildman–Crippen MR) is 106 cm³/mol. The summed E-state index contributed by atoms with van der Waals surface area (Å²) in [5.74, 6) is -2.70. The van der Waals surface area contributed by atoms with Crippen molar-refractivity contribution in [2.75, 3.05) is 19.0 Å². The molecule has 0 aliphatic heterocycles. The van der Waals surface area contributed by atoms with Gasteiger partial charge in [0.1, 0.15) is 5.75 Å². The Labute approximate surface area is 166 Å². The second-order valence-electron chi connectivity index (χ2n) is 6.41. The van der Waals surface area contributed by atoms with E-state index in [0.29, 0.717) is 35.0 Å². The highest BCUT2D eigenvalue weighted by molar-refractivity contribution is 5.70. The molecular weight excluding hydrogens is 382 g/mol. The molecule has 0 fully saturated rings. The van der Waals surface area contributed by atoms with Crippen LogP contribution in [0.4, 0.5) is 20.2 Å². The number of hydrogen-bond donors (Lipinski definition) is 1. The SMILES string of the molecule is CCOc1cc(C(C)(F)F)ccc1-c1cn(-c2cc([N+](=O)[O-])ccc2NC)cn1. The van der Waals surface area contributed by atoms with Gasteiger partial charge in [-0.15, -0.1) is 0 Å². The van der Waals surface area contributed by atoms with Crippen LogP contribution >= 0.6 is 0 Å². The molecule has 2 aromatic carbocycles. The zero-order chi connectivity index (χ0) is 21.2. The van der Waals surface area contributed by atoms with Gasteiger partial charge in [0.2, 0.25) is 0 Å². The molecule has 0 atom stereocenters. The first-order valence-corrected chi connectivity index (χ1v) is 8.90. The number of ether oxygens (including phenoxy) is 1. The Balaban J connectivity index is 2.07. The lowest BCUT2D eigenvalue weighted by molar-refractivity contribution is -0.384. The van der Waals surface area contributed by atoms with Crippen molar-refractivity contribution in [1.82, 2.24) is 9.55 Å². The van der Waals surface area contributed by atoms with Crippen molar-refractivity contribution >= 4 is 11.4 Å². The minimum atomic E-state index is -2.99. The molecule has 3 aromatic rings. The molecule has 0 bridgehead atoms. The van der Waals surface area contributed by atoms with Crippen molar-refractivity contribution in [2.45, 2.75) is 19.8 Å². The summed E-state index contributed by atoms with van der Waals surface area (Å²) in [4.78, 5) is 15.0. The van der Waals surface area contributed by atoms with E-state index >= 15 is 0 Å². The fourth-order valence-corrected chi connectivity index (χ4v) is 2.93. The molecule has 0 radical (unpaired) electrons. The fraction of sp³-hybridized carbons (Fsp3) is 0.250. The third kappa shape index (κ3) is 4.18. The van der Waals surface area contributed by atoms with Gasteiger partial charge in [0.25, 0.3) is 11.6 Å². The van der Waals surface area contributed by atoms with Gasteiger partial charge in [-0.25, -0.2) is 13.8 Å². The van der Waals surface area contributed by atoms with Crippen LogP contribution in [0.5, 0.6) is 5.75 Å². The number of alkyl halides is 2. The molecule has 1 N–H and O–H groups in total. The van der Waals surface area contributed by atoms with E-state index in [2.05, 4.69) is 10.3 Å². The van der Waals surface area contributed by atoms with E-state index in [4.69, 9.17) is 4.74 Å². The smallest absolute Gasteiger partial charge is 0.271 e. The van der Waals surface area contributed by atoms with Crippen LogP contribution in [0.15, 0.2) is 48.9 Å². The number of nitro groups is 1. The summed E-state index contributed by atoms with van der Waals surface area (Å²) in [6, 6.07) is 8.63. The molecule has 0 unspecified atom stereocenters. The number of anilines is 1. The second-order valence-corrected chi connectivity index (χ2v) is 6.41. The average molecular weight is 402 g/mol. The summed E-state index contributed by atoms with van der Waals surface area (Å²) < 4.78 is 34.6. The van der Waals surface area contributed by atoms with Crippen LogP contribution in [0.1, 0.15) is 19.4 Å². The number of nitrogens with zero attached hydrogens (tertiary/aromatic N) is 3. The molecule has 152 valence electrons. The normalized spacial score (nSPS) is 11.3. The molecule has 0 spiro atoms. The van der Waals surface area contributed by atoms with Crippen molar-refractivity contribution < 1.29 is 18.4 Å². The van der Waals surface area contributed by atoms with Gasteiger partial charge in [-0.2, -0.15) is 0 Å². The van der Waals surface area contributed by atoms with Gasteiger partial charge in [-0.3, -0.25) is 10.1 Å². The van der Waals surface area contributed by atoms with E-state index in [0.717, 1.165) is 6.92 Å². The molecule has 0 saturated carbocycles. The van der Waals surface area contributed by atoms with Crippen molar-refractivity contribution in [3.05, 3.63) is 64.6 Å². The Morgan fingerprint density at radius 3 is 2.66 bits per heavy atom. The maximum absolute atomic E-state index is 13.7. The predicted octanol–water partition coefficient (Wildman–Crippen LogP) is 5.00. The van der Waals surface area contributed by atoms with Gasteiger partial charge in [0.15, 0.2) is 0 Å². The topological polar surface area (TPSA) is 82.2 Å². The Kier molecular flexibility index (Phi) is 5.49. The number of aromatic nitrogens is 2. The zero-order valence-electron chi connectivity index (χ0n) is 16.1. The van der Waals surface area contributed by atoms with Gasteiger partial charge in [0, 0.05) is 43.4 Å². The van der Waals surface area contributed by atoms with Gasteiger partial charge in [-0.05, 0) is 25.1 Å². The maximum Gasteiger partial charge on any atom is 0.271 e. The number of rotatable bonds is 7. The van der Waals surface area contributed by atoms with E-state index in [-0.39, 0.29) is 11.3 Å². The summed E-state index contributed by atoms with van der Waals surface area (Å²) >= 11 is 0. The Morgan fingerprint density at radius 1 is 1.28 bits per heavy atom. The lowest BCUT2D eigenvalue weighted by Gasteiger charge is -2.15. The zero-order valence-corrected chi connectivity index (χ0v) is 16.1. The third-order valence-electron chi connectivity index (χ3n) is 4.39. The molecule has 0 aliphatic carbocycles. The Hall–Kier alpha value is -3.49. The maximum atomic E-state index is 13.7. The Morgan fingerprint density at radius 2 is 2.03 bits per heavy atom. The third-order valence-corrected chi connectivity index (χ3v) is 4.39. The molecule has 29 heavy (non-hydrogen) atoms. The van der Waals surface area contributed by atoms with Gasteiger partial charge in [-0.1, -0.05) is 6.07 Å². The fourth-order valence-electron chi connectivity index (χ4n) is 2.93. The number of benzene rings is 2. The summed E-state index contributed by atoms with van der Waals surface area (Å²) in [5.41, 5.74) is 2.04. The Bertz CT molecular complexity index is 1040. The first kappa shape index (κ1) is 20.2. The van der Waals surface area contributed by atoms with Crippen LogP contribution in [0, 0.1) is 10.1 Å². The lowest BCUT2D eigenvalue weighted by atomic mass is 10.0. The first-order valence-electron chi connectivity index (χ1n) is 8.90. The molecule has 1 heterocycles. The van der Waals surface area contributed by atoms with Crippen molar-refractivity contribution in [3.8, 4) is 22.7 Å². The number of halogens is 2. The minimum absolute atomic E-state index is 0.0567. The lowest BCUT2D eigenvalue weighted by Crippen LogP contribution is -2.07. The largest absolute Gasteiger partial charge is 0.493 e. The standard InChI is InChI=1S/C20H20F2N4O3/c1-4-29-19-9-13(20(2,21)22)5-7-15(19)17-11-25(12-24-17)18-10-14(26(27)28)6-8-16(18)23-3/h5-12,23H,4H2,1-3H3. The molecule has 0 aliphatic rings. The number of imidazole rings is 1. The van der Waals surface area contributed by atoms with E-state index < -0.39 is 10.8 Å². The summed E-state index contributed by atoms with van der Waals surface area (Å²) in [6.45, 7) is 2.90. The van der Waals surface area contributed by atoms with Crippen molar-refractivity contribution in [3.63, 3.8) is 0 Å². The highest BCUT2D eigenvalue weighted by Crippen LogP contribution is 2.36. The minimum Gasteiger partial charge on any atom is -0.493 e. The molecule has 1 aromatic heterocycles. The number of hydrogen-bond acceptors (Lipinski definition) is 5. The molecular formula is C20H20F2N4O3. The van der Waals surface area contributed by atoms with E-state index in [1.54, 1.807) is 30.8 Å². The van der Waals surface area contributed by atoms with Crippen LogP contribution in [0.3, 0.4) is 0 Å². The van der Waals surface area contributed by atoms with Gasteiger partial charge >= 0.3 is 0 Å². The van der Waals surface area contributed by atoms with Crippen LogP contribution in [-0.2, 0) is 5.92 Å². The number of nitro benzene ring substituents is 1. The van der Waals surface area contributed by atoms with Crippen LogP contribution in [0.2, 0.25) is 0 Å². The van der Waals surface area contributed by atoms with Crippen LogP contribution in [-0.4, -0.2) is 28.1 Å². The first-order chi connectivity index (χ1) is 13.7. The van der Waals surface area contributed by atoms with Crippen molar-refractivity contribution in [2.24, 2.45) is 0 Å².